The van der Waals surface area contributed by atoms with Gasteiger partial charge >= 0.3 is 0 Å². The van der Waals surface area contributed by atoms with E-state index >= 15 is 0 Å². The lowest BCUT2D eigenvalue weighted by molar-refractivity contribution is -0.114. The summed E-state index contributed by atoms with van der Waals surface area (Å²) in [5, 5.41) is 2.61. The molecule has 0 atom stereocenters. The van der Waals surface area contributed by atoms with Gasteiger partial charge in [-0.3, -0.25) is 9.10 Å². The molecule has 1 aromatic heterocycles. The molecule has 1 amide bonds. The Bertz CT molecular complexity index is 1340. The SMILES string of the molecule is CN(c1ccc2c(c1)nc(C(C)(C)C)n2CC1CCOCC1)S(=O)(=O)c1ccc(NC(=O)CN)cc1. The van der Waals surface area contributed by atoms with Crippen molar-refractivity contribution in [2.45, 2.75) is 50.5 Å². The number of nitrogens with one attached hydrogen (secondary N) is 1. The number of carbonyl (C=O) groups is 1. The Morgan fingerprint density at radius 2 is 1.83 bits per heavy atom. The molecule has 1 saturated heterocycles. The summed E-state index contributed by atoms with van der Waals surface area (Å²) in [7, 11) is -2.29. The predicted molar refractivity (Wildman–Crippen MR) is 142 cm³/mol. The van der Waals surface area contributed by atoms with Gasteiger partial charge in [0.1, 0.15) is 5.82 Å². The lowest BCUT2D eigenvalue weighted by Gasteiger charge is -2.26. The van der Waals surface area contributed by atoms with Crippen LogP contribution in [0.5, 0.6) is 0 Å². The second-order valence-electron chi connectivity index (χ2n) is 10.3. The summed E-state index contributed by atoms with van der Waals surface area (Å²) in [6.45, 7) is 8.73. The van der Waals surface area contributed by atoms with Gasteiger partial charge in [0.2, 0.25) is 5.91 Å². The summed E-state index contributed by atoms with van der Waals surface area (Å²) in [4.78, 5) is 16.6. The quantitative estimate of drug-likeness (QED) is 0.499. The maximum Gasteiger partial charge on any atom is 0.264 e. The van der Waals surface area contributed by atoms with Gasteiger partial charge in [-0.15, -0.1) is 0 Å². The fourth-order valence-electron chi connectivity index (χ4n) is 4.48. The molecule has 0 spiro atoms. The Balaban J connectivity index is 1.65. The average molecular weight is 514 g/mol. The highest BCUT2D eigenvalue weighted by Gasteiger charge is 2.27. The lowest BCUT2D eigenvalue weighted by Crippen LogP contribution is -2.26. The van der Waals surface area contributed by atoms with Crippen molar-refractivity contribution in [1.82, 2.24) is 9.55 Å². The maximum absolute atomic E-state index is 13.3. The average Bonchev–Trinajstić information content (AvgIpc) is 3.22. The zero-order chi connectivity index (χ0) is 26.1. The van der Waals surface area contributed by atoms with Crippen molar-refractivity contribution >= 4 is 38.3 Å². The smallest absolute Gasteiger partial charge is 0.264 e. The Morgan fingerprint density at radius 3 is 2.44 bits per heavy atom. The van der Waals surface area contributed by atoms with E-state index in [1.807, 2.05) is 18.2 Å². The molecule has 0 aliphatic carbocycles. The van der Waals surface area contributed by atoms with Gasteiger partial charge in [0.25, 0.3) is 10.0 Å². The van der Waals surface area contributed by atoms with Crippen LogP contribution in [-0.4, -0.2) is 50.7 Å². The second kappa shape index (κ2) is 10.2. The zero-order valence-corrected chi connectivity index (χ0v) is 22.1. The maximum atomic E-state index is 13.3. The normalized spacial score (nSPS) is 15.2. The van der Waals surface area contributed by atoms with Gasteiger partial charge in [-0.05, 0) is 61.2 Å². The number of nitrogens with two attached hydrogens (primary N) is 1. The van der Waals surface area contributed by atoms with Gasteiger partial charge in [-0.25, -0.2) is 13.4 Å². The van der Waals surface area contributed by atoms with Crippen molar-refractivity contribution in [3.8, 4) is 0 Å². The van der Waals surface area contributed by atoms with E-state index in [2.05, 4.69) is 30.7 Å². The van der Waals surface area contributed by atoms with Crippen LogP contribution in [0.25, 0.3) is 11.0 Å². The first kappa shape index (κ1) is 26.1. The molecule has 0 radical (unpaired) electrons. The number of rotatable bonds is 7. The Hall–Kier alpha value is -2.95. The molecule has 0 unspecified atom stereocenters. The van der Waals surface area contributed by atoms with E-state index in [0.29, 0.717) is 17.3 Å². The van der Waals surface area contributed by atoms with Gasteiger partial charge in [-0.1, -0.05) is 20.8 Å². The first-order valence-electron chi connectivity index (χ1n) is 12.2. The molecule has 9 nitrogen and oxygen atoms in total. The van der Waals surface area contributed by atoms with Crippen molar-refractivity contribution in [3.63, 3.8) is 0 Å². The Morgan fingerprint density at radius 1 is 1.17 bits per heavy atom. The Kier molecular flexibility index (Phi) is 7.40. The van der Waals surface area contributed by atoms with Crippen LogP contribution in [-0.2, 0) is 31.5 Å². The number of hydrogen-bond acceptors (Lipinski definition) is 6. The number of anilines is 2. The lowest BCUT2D eigenvalue weighted by atomic mass is 9.94. The second-order valence-corrected chi connectivity index (χ2v) is 12.2. The highest BCUT2D eigenvalue weighted by Crippen LogP contribution is 2.32. The third-order valence-corrected chi connectivity index (χ3v) is 8.33. The van der Waals surface area contributed by atoms with Crippen LogP contribution >= 0.6 is 0 Å². The van der Waals surface area contributed by atoms with E-state index < -0.39 is 10.0 Å². The Labute approximate surface area is 212 Å². The molecule has 2 heterocycles. The summed E-state index contributed by atoms with van der Waals surface area (Å²) in [6.07, 6.45) is 2.05. The number of aromatic nitrogens is 2. The highest BCUT2D eigenvalue weighted by molar-refractivity contribution is 7.92. The van der Waals surface area contributed by atoms with Crippen molar-refractivity contribution in [1.29, 1.82) is 0 Å². The van der Waals surface area contributed by atoms with Gasteiger partial charge in [0.15, 0.2) is 0 Å². The first-order valence-corrected chi connectivity index (χ1v) is 13.6. The minimum atomic E-state index is -3.82. The summed E-state index contributed by atoms with van der Waals surface area (Å²) in [5.74, 6) is 1.17. The molecule has 194 valence electrons. The molecule has 4 rings (SSSR count). The topological polar surface area (TPSA) is 120 Å². The molecule has 1 aliphatic rings. The van der Waals surface area contributed by atoms with Crippen LogP contribution < -0.4 is 15.4 Å². The van der Waals surface area contributed by atoms with E-state index in [1.165, 1.54) is 23.5 Å². The summed E-state index contributed by atoms with van der Waals surface area (Å²) >= 11 is 0. The van der Waals surface area contributed by atoms with Crippen molar-refractivity contribution in [3.05, 3.63) is 48.3 Å². The number of hydrogen-bond donors (Lipinski definition) is 2. The summed E-state index contributed by atoms with van der Waals surface area (Å²) in [6, 6.07) is 11.6. The van der Waals surface area contributed by atoms with Crippen molar-refractivity contribution < 1.29 is 17.9 Å². The number of amides is 1. The van der Waals surface area contributed by atoms with E-state index in [-0.39, 0.29) is 22.8 Å². The summed E-state index contributed by atoms with van der Waals surface area (Å²) < 4.78 is 35.7. The molecule has 1 aliphatic heterocycles. The molecule has 0 saturated carbocycles. The van der Waals surface area contributed by atoms with E-state index in [1.54, 1.807) is 12.1 Å². The number of ether oxygens (including phenoxy) is 1. The molecule has 3 aromatic rings. The van der Waals surface area contributed by atoms with Gasteiger partial charge in [-0.2, -0.15) is 0 Å². The molecule has 1 fully saturated rings. The molecular formula is C26H35N5O4S. The van der Waals surface area contributed by atoms with Crippen LogP contribution in [0, 0.1) is 5.92 Å². The van der Waals surface area contributed by atoms with Crippen molar-refractivity contribution in [2.75, 3.05) is 36.4 Å². The van der Waals surface area contributed by atoms with Crippen LogP contribution in [0.2, 0.25) is 0 Å². The molecule has 36 heavy (non-hydrogen) atoms. The van der Waals surface area contributed by atoms with Crippen LogP contribution in [0.15, 0.2) is 47.4 Å². The molecule has 3 N–H and O–H groups in total. The monoisotopic (exact) mass is 513 g/mol. The summed E-state index contributed by atoms with van der Waals surface area (Å²) in [5.41, 5.74) is 7.94. The number of carbonyl (C=O) groups excluding carboxylic acids is 1. The number of nitrogens with zero attached hydrogens (tertiary/aromatic N) is 3. The minimum Gasteiger partial charge on any atom is -0.381 e. The minimum absolute atomic E-state index is 0.122. The van der Waals surface area contributed by atoms with Crippen molar-refractivity contribution in [2.24, 2.45) is 11.7 Å². The highest BCUT2D eigenvalue weighted by atomic mass is 32.2. The zero-order valence-electron chi connectivity index (χ0n) is 21.3. The number of benzene rings is 2. The molecular weight excluding hydrogens is 478 g/mol. The van der Waals surface area contributed by atoms with Gasteiger partial charge in [0, 0.05) is 37.9 Å². The molecule has 2 aromatic carbocycles. The first-order chi connectivity index (χ1) is 17.0. The van der Waals surface area contributed by atoms with Crippen LogP contribution in [0.3, 0.4) is 0 Å². The third kappa shape index (κ3) is 5.40. The fourth-order valence-corrected chi connectivity index (χ4v) is 5.67. The predicted octanol–water partition coefficient (Wildman–Crippen LogP) is 3.48. The van der Waals surface area contributed by atoms with Crippen LogP contribution in [0.1, 0.15) is 39.4 Å². The van der Waals surface area contributed by atoms with E-state index in [4.69, 9.17) is 15.5 Å². The van der Waals surface area contributed by atoms with E-state index in [9.17, 15) is 13.2 Å². The number of fused-ring (bicyclic) bond motifs is 1. The van der Waals surface area contributed by atoms with E-state index in [0.717, 1.165) is 49.5 Å². The molecule has 0 bridgehead atoms. The van der Waals surface area contributed by atoms with Crippen LogP contribution in [0.4, 0.5) is 11.4 Å². The van der Waals surface area contributed by atoms with Gasteiger partial charge in [0.05, 0.1) is 28.2 Å². The largest absolute Gasteiger partial charge is 0.381 e. The fraction of sp³-hybridized carbons (Fsp3) is 0.462. The molecule has 10 heteroatoms. The van der Waals surface area contributed by atoms with Gasteiger partial charge < -0.3 is 20.4 Å². The standard InChI is InChI=1S/C26H35N5O4S/c1-26(2,3)25-29-22-15-20(7-10-23(22)31(25)17-18-11-13-35-14-12-18)30(4)36(33,34)21-8-5-19(6-9-21)28-24(32)16-27/h5-10,15,18H,11-14,16-17,27H2,1-4H3,(H,28,32). The number of sulfonamides is 1. The number of imidazole rings is 1. The third-order valence-electron chi connectivity index (χ3n) is 6.53.